The van der Waals surface area contributed by atoms with Crippen molar-refractivity contribution >= 4 is 21.8 Å². The Morgan fingerprint density at radius 2 is 2.03 bits per heavy atom. The van der Waals surface area contributed by atoms with E-state index < -0.39 is 21.5 Å². The van der Waals surface area contributed by atoms with Gasteiger partial charge in [-0.15, -0.1) is 0 Å². The second-order valence-corrected chi connectivity index (χ2v) is 10.7. The third-order valence-electron chi connectivity index (χ3n) is 4.41. The van der Waals surface area contributed by atoms with E-state index in [-0.39, 0.29) is 36.9 Å². The number of nitrogens with one attached hydrogen (secondary N) is 1. The molecule has 0 radical (unpaired) electrons. The molecule has 0 saturated carbocycles. The number of rotatable bonds is 8. The maximum atomic E-state index is 13.1. The maximum Gasteiger partial charge on any atom is 0.407 e. The molecule has 1 N–H and O–H groups in total. The Kier molecular flexibility index (Phi) is 8.05. The molecule has 1 aromatic rings. The molecular weight excluding hydrogens is 427 g/mol. The predicted octanol–water partition coefficient (Wildman–Crippen LogP) is 2.49. The van der Waals surface area contributed by atoms with E-state index in [0.717, 1.165) is 11.8 Å². The van der Waals surface area contributed by atoms with Crippen LogP contribution in [0.1, 0.15) is 36.7 Å². The van der Waals surface area contributed by atoms with Gasteiger partial charge >= 0.3 is 6.09 Å². The maximum absolute atomic E-state index is 13.1. The molecule has 10 heteroatoms. The molecule has 172 valence electrons. The van der Waals surface area contributed by atoms with Crippen LogP contribution in [0.15, 0.2) is 30.1 Å². The molecule has 0 aliphatic carbocycles. The fraction of sp³-hybridized carbons (Fsp3) is 0.524. The number of alkyl carbamates (subject to hydrolysis) is 1. The lowest BCUT2D eigenvalue weighted by atomic mass is 9.99. The van der Waals surface area contributed by atoms with E-state index in [1.165, 1.54) is 4.90 Å². The Hall–Kier alpha value is -2.62. The minimum Gasteiger partial charge on any atom is -0.489 e. The van der Waals surface area contributed by atoms with Crippen LogP contribution < -0.4 is 10.1 Å². The molecule has 2 amide bonds. The van der Waals surface area contributed by atoms with Gasteiger partial charge in [-0.1, -0.05) is 0 Å². The number of carbonyl (C=O) groups excluding carboxylic acids is 2. The van der Waals surface area contributed by atoms with Gasteiger partial charge in [0.2, 0.25) is 0 Å². The monoisotopic (exact) mass is 456 g/mol. The summed E-state index contributed by atoms with van der Waals surface area (Å²) < 4.78 is 46.6. The molecule has 1 aliphatic rings. The van der Waals surface area contributed by atoms with Crippen LogP contribution in [0.3, 0.4) is 0 Å². The summed E-state index contributed by atoms with van der Waals surface area (Å²) in [6.07, 6.45) is 1.43. The van der Waals surface area contributed by atoms with Crippen LogP contribution in [-0.4, -0.2) is 69.2 Å². The van der Waals surface area contributed by atoms with Crippen molar-refractivity contribution in [1.29, 1.82) is 0 Å². The molecule has 1 aliphatic heterocycles. The van der Waals surface area contributed by atoms with Gasteiger partial charge in [-0.2, -0.15) is 0 Å². The Balaban J connectivity index is 1.92. The number of amides is 2. The van der Waals surface area contributed by atoms with Gasteiger partial charge < -0.3 is 19.7 Å². The zero-order valence-electron chi connectivity index (χ0n) is 18.2. The molecular formula is C21H29FN2O6S. The average molecular weight is 457 g/mol. The number of benzene rings is 1. The summed E-state index contributed by atoms with van der Waals surface area (Å²) in [7, 11) is -3.15. The number of sulfone groups is 1. The van der Waals surface area contributed by atoms with Crippen molar-refractivity contribution < 1.29 is 31.9 Å². The van der Waals surface area contributed by atoms with E-state index in [0.29, 0.717) is 30.6 Å². The first kappa shape index (κ1) is 24.6. The number of carbonyl (C=O) groups is 2. The van der Waals surface area contributed by atoms with Gasteiger partial charge in [-0.3, -0.25) is 4.79 Å². The molecule has 0 bridgehead atoms. The lowest BCUT2D eigenvalue weighted by Crippen LogP contribution is -2.40. The number of halogens is 1. The first-order valence-corrected chi connectivity index (χ1v) is 11.9. The highest BCUT2D eigenvalue weighted by Crippen LogP contribution is 2.24. The van der Waals surface area contributed by atoms with Gasteiger partial charge in [0.25, 0.3) is 5.91 Å². The van der Waals surface area contributed by atoms with Gasteiger partial charge in [0, 0.05) is 37.0 Å². The highest BCUT2D eigenvalue weighted by atomic mass is 32.2. The molecule has 0 spiro atoms. The summed E-state index contributed by atoms with van der Waals surface area (Å²) in [5.41, 5.74) is 0.850. The molecule has 2 rings (SSSR count). The number of hydrogen-bond acceptors (Lipinski definition) is 6. The third kappa shape index (κ3) is 8.20. The van der Waals surface area contributed by atoms with Crippen LogP contribution in [-0.2, 0) is 21.0 Å². The van der Waals surface area contributed by atoms with Gasteiger partial charge in [-0.25, -0.2) is 17.6 Å². The summed E-state index contributed by atoms with van der Waals surface area (Å²) in [4.78, 5) is 25.8. The minimum absolute atomic E-state index is 0.0653. The van der Waals surface area contributed by atoms with Gasteiger partial charge in [0.1, 0.15) is 27.8 Å². The molecule has 1 aromatic carbocycles. The average Bonchev–Trinajstić information content (AvgIpc) is 2.65. The molecule has 1 heterocycles. The summed E-state index contributed by atoms with van der Waals surface area (Å²) in [5.74, 6) is 0.167. The zero-order chi connectivity index (χ0) is 23.2. The zero-order valence-corrected chi connectivity index (χ0v) is 19.1. The van der Waals surface area contributed by atoms with Crippen LogP contribution >= 0.6 is 0 Å². The lowest BCUT2D eigenvalue weighted by molar-refractivity contribution is 0.0531. The third-order valence-corrected chi connectivity index (χ3v) is 5.34. The summed E-state index contributed by atoms with van der Waals surface area (Å²) in [5, 5.41) is 2.47. The molecule has 0 saturated heterocycles. The first-order chi connectivity index (χ1) is 14.4. The number of nitrogens with zero attached hydrogens (tertiary/aromatic N) is 1. The topological polar surface area (TPSA) is 102 Å². The van der Waals surface area contributed by atoms with Crippen molar-refractivity contribution in [3.63, 3.8) is 0 Å². The summed E-state index contributed by atoms with van der Waals surface area (Å²) >= 11 is 0. The number of fused-ring (bicyclic) bond motifs is 1. The van der Waals surface area contributed by atoms with Crippen LogP contribution in [0.2, 0.25) is 0 Å². The second kappa shape index (κ2) is 10.1. The quantitative estimate of drug-likeness (QED) is 0.645. The fourth-order valence-corrected chi connectivity index (χ4v) is 3.44. The molecule has 0 aromatic heterocycles. The molecule has 8 nitrogen and oxygen atoms in total. The Morgan fingerprint density at radius 3 is 2.65 bits per heavy atom. The Bertz CT molecular complexity index is 953. The Morgan fingerprint density at radius 1 is 1.32 bits per heavy atom. The summed E-state index contributed by atoms with van der Waals surface area (Å²) in [6, 6.07) is 4.95. The number of ether oxygens (including phenoxy) is 2. The van der Waals surface area contributed by atoms with E-state index in [9.17, 15) is 22.4 Å². The largest absolute Gasteiger partial charge is 0.489 e. The van der Waals surface area contributed by atoms with E-state index in [1.54, 1.807) is 39.0 Å². The van der Waals surface area contributed by atoms with Crippen LogP contribution in [0.5, 0.6) is 5.75 Å². The van der Waals surface area contributed by atoms with Crippen LogP contribution in [0, 0.1) is 0 Å². The SMILES string of the molecule is CC(C)(C)OC(=O)NC/C(=C\F)COc1ccc2c(c1)CCN(CCS(C)(=O)=O)C2=O. The van der Waals surface area contributed by atoms with Crippen LogP contribution in [0.4, 0.5) is 9.18 Å². The normalized spacial score (nSPS) is 14.8. The van der Waals surface area contributed by atoms with Crippen molar-refractivity contribution in [1.82, 2.24) is 10.2 Å². The number of hydrogen-bond donors (Lipinski definition) is 1. The van der Waals surface area contributed by atoms with Crippen molar-refractivity contribution in [2.45, 2.75) is 32.8 Å². The first-order valence-electron chi connectivity index (χ1n) is 9.85. The molecule has 31 heavy (non-hydrogen) atoms. The van der Waals surface area contributed by atoms with E-state index >= 15 is 0 Å². The van der Waals surface area contributed by atoms with Crippen molar-refractivity contribution in [3.8, 4) is 5.75 Å². The van der Waals surface area contributed by atoms with Crippen LogP contribution in [0.25, 0.3) is 0 Å². The molecule has 0 atom stereocenters. The van der Waals surface area contributed by atoms with Crippen molar-refractivity contribution in [2.24, 2.45) is 0 Å². The van der Waals surface area contributed by atoms with Gasteiger partial charge in [0.05, 0.1) is 12.1 Å². The standard InChI is InChI=1S/C21H29FN2O6S/c1-21(2,3)30-20(26)23-13-15(12-22)14-29-17-5-6-18-16(11-17)7-8-24(19(18)25)9-10-31(4,27)28/h5-6,11-12H,7-10,13-14H2,1-4H3,(H,23,26)/b15-12+. The summed E-state index contributed by atoms with van der Waals surface area (Å²) in [6.45, 7) is 5.61. The van der Waals surface area contributed by atoms with E-state index in [2.05, 4.69) is 5.32 Å². The van der Waals surface area contributed by atoms with Crippen molar-refractivity contribution in [3.05, 3.63) is 41.2 Å². The highest BCUT2D eigenvalue weighted by Gasteiger charge is 2.25. The molecule has 0 unspecified atom stereocenters. The smallest absolute Gasteiger partial charge is 0.407 e. The van der Waals surface area contributed by atoms with Gasteiger partial charge in [-0.05, 0) is 51.0 Å². The van der Waals surface area contributed by atoms with Gasteiger partial charge in [0.15, 0.2) is 0 Å². The minimum atomic E-state index is -3.15. The predicted molar refractivity (Wildman–Crippen MR) is 115 cm³/mol. The highest BCUT2D eigenvalue weighted by molar-refractivity contribution is 7.90. The van der Waals surface area contributed by atoms with E-state index in [4.69, 9.17) is 9.47 Å². The fourth-order valence-electron chi connectivity index (χ4n) is 2.89. The lowest BCUT2D eigenvalue weighted by Gasteiger charge is -2.28. The molecule has 0 fully saturated rings. The second-order valence-electron chi connectivity index (χ2n) is 8.40. The van der Waals surface area contributed by atoms with E-state index in [1.807, 2.05) is 0 Å². The Labute approximate surface area is 182 Å². The van der Waals surface area contributed by atoms with Crippen molar-refractivity contribution in [2.75, 3.05) is 38.2 Å².